The maximum absolute atomic E-state index is 12.6. The molecule has 2 heterocycles. The number of methoxy groups -OCH3 is 1. The Morgan fingerprint density at radius 2 is 2.03 bits per heavy atom. The molecule has 1 unspecified atom stereocenters. The Balaban J connectivity index is 1.84. The van der Waals surface area contributed by atoms with Crippen molar-refractivity contribution in [2.45, 2.75) is 19.3 Å². The molecule has 11 heteroatoms. The molecule has 0 fully saturated rings. The molecule has 3 aromatic rings. The zero-order chi connectivity index (χ0) is 23.3. The van der Waals surface area contributed by atoms with Gasteiger partial charge in [-0.3, -0.25) is 14.4 Å². The number of benzene rings is 1. The molecule has 3 rings (SSSR count). The number of carbonyl (C=O) groups is 2. The quantitative estimate of drug-likeness (QED) is 0.400. The van der Waals surface area contributed by atoms with Gasteiger partial charge in [-0.25, -0.2) is 4.98 Å². The molecule has 0 radical (unpaired) electrons. The lowest BCUT2D eigenvalue weighted by Crippen LogP contribution is -2.33. The number of rotatable bonds is 8. The molecular formula is C21H21N3O7S. The minimum atomic E-state index is -0.890. The van der Waals surface area contributed by atoms with Crippen LogP contribution >= 0.6 is 11.3 Å². The second-order valence-electron chi connectivity index (χ2n) is 6.78. The van der Waals surface area contributed by atoms with Crippen LogP contribution in [0, 0.1) is 6.92 Å². The van der Waals surface area contributed by atoms with Gasteiger partial charge in [0.2, 0.25) is 23.0 Å². The topological polar surface area (TPSA) is 151 Å². The van der Waals surface area contributed by atoms with Crippen LogP contribution in [-0.4, -0.2) is 40.7 Å². The van der Waals surface area contributed by atoms with Gasteiger partial charge >= 0.3 is 0 Å². The summed E-state index contributed by atoms with van der Waals surface area (Å²) in [7, 11) is 1.37. The largest absolute Gasteiger partial charge is 0.504 e. The molecule has 32 heavy (non-hydrogen) atoms. The fourth-order valence-corrected chi connectivity index (χ4v) is 3.56. The van der Waals surface area contributed by atoms with Gasteiger partial charge in [-0.15, -0.1) is 11.3 Å². The van der Waals surface area contributed by atoms with Crippen LogP contribution in [0.3, 0.4) is 0 Å². The van der Waals surface area contributed by atoms with Gasteiger partial charge in [0.05, 0.1) is 19.6 Å². The number of ether oxygens (including phenoxy) is 1. The van der Waals surface area contributed by atoms with Crippen molar-refractivity contribution < 1.29 is 29.0 Å². The summed E-state index contributed by atoms with van der Waals surface area (Å²) in [4.78, 5) is 40.7. The van der Waals surface area contributed by atoms with E-state index in [4.69, 9.17) is 9.15 Å². The lowest BCUT2D eigenvalue weighted by molar-refractivity contribution is -0.124. The van der Waals surface area contributed by atoms with Crippen molar-refractivity contribution in [3.05, 3.63) is 63.1 Å². The maximum Gasteiger partial charge on any atom is 0.245 e. The van der Waals surface area contributed by atoms with Crippen LogP contribution in [0.15, 0.2) is 45.1 Å². The standard InChI is InChI=1S/C21H21N3O7S/c1-11-7-15(26)19(29)20(31-11)13(12-3-4-14(25)16(8-12)30-2)9-17(27)23-10-18(28)24-21-22-5-6-32-21/h3-8,13,25,29H,9-10H2,1-2H3,(H,23,27)(H,22,24,28). The monoisotopic (exact) mass is 459 g/mol. The van der Waals surface area contributed by atoms with E-state index in [1.54, 1.807) is 12.3 Å². The predicted molar refractivity (Wildman–Crippen MR) is 116 cm³/mol. The van der Waals surface area contributed by atoms with Crippen LogP contribution in [0.4, 0.5) is 5.13 Å². The Morgan fingerprint density at radius 1 is 1.25 bits per heavy atom. The van der Waals surface area contributed by atoms with E-state index < -0.39 is 28.9 Å². The van der Waals surface area contributed by atoms with Gasteiger partial charge in [-0.2, -0.15) is 0 Å². The number of carbonyl (C=O) groups excluding carboxylic acids is 2. The Bertz CT molecular complexity index is 1170. The van der Waals surface area contributed by atoms with Gasteiger partial charge in [0.1, 0.15) is 5.76 Å². The maximum atomic E-state index is 12.6. The van der Waals surface area contributed by atoms with E-state index >= 15 is 0 Å². The molecule has 0 aliphatic rings. The molecule has 168 valence electrons. The predicted octanol–water partition coefficient (Wildman–Crippen LogP) is 2.10. The number of aryl methyl sites for hydroxylation is 1. The van der Waals surface area contributed by atoms with Gasteiger partial charge in [0, 0.05) is 24.1 Å². The second-order valence-corrected chi connectivity index (χ2v) is 7.68. The number of amides is 2. The molecular weight excluding hydrogens is 438 g/mol. The first kappa shape index (κ1) is 22.8. The third-order valence-electron chi connectivity index (χ3n) is 4.51. The molecule has 0 saturated carbocycles. The van der Waals surface area contributed by atoms with Crippen molar-refractivity contribution >= 4 is 28.3 Å². The van der Waals surface area contributed by atoms with Crippen LogP contribution in [0.25, 0.3) is 0 Å². The van der Waals surface area contributed by atoms with Gasteiger partial charge < -0.3 is 30.0 Å². The normalized spacial score (nSPS) is 11.6. The van der Waals surface area contributed by atoms with Crippen LogP contribution in [-0.2, 0) is 9.59 Å². The molecule has 0 saturated heterocycles. The van der Waals surface area contributed by atoms with Gasteiger partial charge in [-0.1, -0.05) is 6.07 Å². The molecule has 10 nitrogen and oxygen atoms in total. The highest BCUT2D eigenvalue weighted by Crippen LogP contribution is 2.37. The number of hydrogen-bond acceptors (Lipinski definition) is 9. The van der Waals surface area contributed by atoms with E-state index in [1.807, 2.05) is 0 Å². The van der Waals surface area contributed by atoms with E-state index in [9.17, 15) is 24.6 Å². The third kappa shape index (κ3) is 5.43. The molecule has 0 spiro atoms. The van der Waals surface area contributed by atoms with E-state index in [0.717, 1.165) is 6.07 Å². The number of thiazole rings is 1. The SMILES string of the molecule is COc1cc(C(CC(=O)NCC(=O)Nc2nccs2)c2oc(C)cc(=O)c2O)ccc1O. The second kappa shape index (κ2) is 9.96. The van der Waals surface area contributed by atoms with Crippen molar-refractivity contribution in [1.82, 2.24) is 10.3 Å². The first-order valence-electron chi connectivity index (χ1n) is 9.45. The summed E-state index contributed by atoms with van der Waals surface area (Å²) < 4.78 is 10.7. The van der Waals surface area contributed by atoms with Crippen LogP contribution in [0.5, 0.6) is 17.2 Å². The smallest absolute Gasteiger partial charge is 0.245 e. The van der Waals surface area contributed by atoms with Crippen molar-refractivity contribution in [3.8, 4) is 17.2 Å². The summed E-state index contributed by atoms with van der Waals surface area (Å²) >= 11 is 1.24. The summed E-state index contributed by atoms with van der Waals surface area (Å²) in [6.07, 6.45) is 1.29. The van der Waals surface area contributed by atoms with E-state index in [1.165, 1.54) is 42.8 Å². The summed E-state index contributed by atoms with van der Waals surface area (Å²) in [5, 5.41) is 27.4. The zero-order valence-electron chi connectivity index (χ0n) is 17.2. The molecule has 1 atom stereocenters. The van der Waals surface area contributed by atoms with Crippen LogP contribution in [0.2, 0.25) is 0 Å². The number of nitrogens with one attached hydrogen (secondary N) is 2. The number of hydrogen-bond donors (Lipinski definition) is 4. The fourth-order valence-electron chi connectivity index (χ4n) is 3.02. The summed E-state index contributed by atoms with van der Waals surface area (Å²) in [5.41, 5.74) is -0.200. The highest BCUT2D eigenvalue weighted by Gasteiger charge is 2.27. The van der Waals surface area contributed by atoms with Gasteiger partial charge in [0.25, 0.3) is 0 Å². The molecule has 0 aliphatic carbocycles. The Labute approximate surface area is 186 Å². The lowest BCUT2D eigenvalue weighted by Gasteiger charge is -2.19. The Morgan fingerprint density at radius 3 is 2.72 bits per heavy atom. The minimum Gasteiger partial charge on any atom is -0.504 e. The Hall–Kier alpha value is -3.86. The lowest BCUT2D eigenvalue weighted by atomic mass is 9.91. The van der Waals surface area contributed by atoms with E-state index in [0.29, 0.717) is 10.7 Å². The molecule has 0 aliphatic heterocycles. The average molecular weight is 459 g/mol. The van der Waals surface area contributed by atoms with E-state index in [-0.39, 0.29) is 36.0 Å². The number of aromatic nitrogens is 1. The first-order valence-corrected chi connectivity index (χ1v) is 10.3. The number of aromatic hydroxyl groups is 2. The van der Waals surface area contributed by atoms with Crippen molar-refractivity contribution in [2.75, 3.05) is 19.0 Å². The van der Waals surface area contributed by atoms with Crippen LogP contribution in [0.1, 0.15) is 29.4 Å². The van der Waals surface area contributed by atoms with Crippen molar-refractivity contribution in [1.29, 1.82) is 0 Å². The average Bonchev–Trinajstić information content (AvgIpc) is 3.26. The summed E-state index contributed by atoms with van der Waals surface area (Å²) in [5.74, 6) is -2.33. The Kier molecular flexibility index (Phi) is 7.11. The van der Waals surface area contributed by atoms with Crippen LogP contribution < -0.4 is 20.8 Å². The summed E-state index contributed by atoms with van der Waals surface area (Å²) in [6.45, 7) is 1.25. The third-order valence-corrected chi connectivity index (χ3v) is 5.20. The molecule has 4 N–H and O–H groups in total. The first-order chi connectivity index (χ1) is 15.3. The van der Waals surface area contributed by atoms with Crippen molar-refractivity contribution in [2.24, 2.45) is 0 Å². The number of anilines is 1. The number of nitrogens with zero attached hydrogens (tertiary/aromatic N) is 1. The highest BCUT2D eigenvalue weighted by atomic mass is 32.1. The molecule has 2 amide bonds. The molecule has 0 bridgehead atoms. The zero-order valence-corrected chi connectivity index (χ0v) is 18.1. The number of phenols is 1. The van der Waals surface area contributed by atoms with Gasteiger partial charge in [0.15, 0.2) is 22.4 Å². The minimum absolute atomic E-state index is 0.106. The molecule has 2 aromatic heterocycles. The fraction of sp³-hybridized carbons (Fsp3) is 0.238. The number of phenolic OH excluding ortho intramolecular Hbond substituents is 1. The van der Waals surface area contributed by atoms with E-state index in [2.05, 4.69) is 15.6 Å². The summed E-state index contributed by atoms with van der Waals surface area (Å²) in [6, 6.07) is 5.50. The highest BCUT2D eigenvalue weighted by molar-refractivity contribution is 7.13. The van der Waals surface area contributed by atoms with Gasteiger partial charge in [-0.05, 0) is 24.6 Å². The molecule has 1 aromatic carbocycles. The van der Waals surface area contributed by atoms with Crippen molar-refractivity contribution in [3.63, 3.8) is 0 Å².